The molecule has 0 amide bonds. The van der Waals surface area contributed by atoms with Gasteiger partial charge in [-0.15, -0.1) is 12.8 Å². The van der Waals surface area contributed by atoms with Gasteiger partial charge in [0.15, 0.2) is 6.29 Å². The summed E-state index contributed by atoms with van der Waals surface area (Å²) in [5, 5.41) is 1.21. The summed E-state index contributed by atoms with van der Waals surface area (Å²) >= 11 is 0. The second-order valence-corrected chi connectivity index (χ2v) is 6.81. The van der Waals surface area contributed by atoms with Gasteiger partial charge in [-0.1, -0.05) is 41.3 Å². The molecule has 0 fully saturated rings. The molecule has 0 unspecified atom stereocenters. The van der Waals surface area contributed by atoms with E-state index in [0.29, 0.717) is 0 Å². The van der Waals surface area contributed by atoms with Crippen molar-refractivity contribution in [1.82, 2.24) is 0 Å². The third-order valence-corrected chi connectivity index (χ3v) is 3.85. The molecule has 0 radical (unpaired) electrons. The van der Waals surface area contributed by atoms with Crippen molar-refractivity contribution in [2.45, 2.75) is 45.2 Å². The first kappa shape index (κ1) is 16.5. The predicted molar refractivity (Wildman–Crippen MR) is 86.8 cm³/mol. The third-order valence-electron chi connectivity index (χ3n) is 2.94. The summed E-state index contributed by atoms with van der Waals surface area (Å²) in [4.78, 5) is 0. The van der Waals surface area contributed by atoms with Gasteiger partial charge in [0.05, 0.1) is 0 Å². The lowest BCUT2D eigenvalue weighted by atomic mass is 10.1. The Balaban J connectivity index is 3.13. The van der Waals surface area contributed by atoms with Gasteiger partial charge in [0.1, 0.15) is 11.2 Å². The molecule has 0 spiro atoms. The molecule has 1 aromatic carbocycles. The minimum Gasteiger partial charge on any atom is -0.330 e. The molecule has 0 saturated heterocycles. The molecule has 0 saturated carbocycles. The van der Waals surface area contributed by atoms with E-state index >= 15 is 0 Å². The van der Waals surface area contributed by atoms with E-state index in [0.717, 1.165) is 15.8 Å². The van der Waals surface area contributed by atoms with E-state index in [1.54, 1.807) is 0 Å². The van der Waals surface area contributed by atoms with E-state index < -0.39 is 17.5 Å². The van der Waals surface area contributed by atoms with Gasteiger partial charge in [0.25, 0.3) is 0 Å². The van der Waals surface area contributed by atoms with Crippen LogP contribution in [0, 0.1) is 24.7 Å². The van der Waals surface area contributed by atoms with Crippen LogP contribution in [0.3, 0.4) is 0 Å². The zero-order valence-corrected chi connectivity index (χ0v) is 14.9. The monoisotopic (exact) mass is 286 g/mol. The van der Waals surface area contributed by atoms with E-state index in [9.17, 15) is 0 Å². The standard InChI is InChI=1S/C17H22O2Si/c1-7-16(3,4)18-15(19-17(5,6)8-2)13-11-9-10-12-14(13)20/h1-2,9-12,15H,3-6,20H3. The zero-order valence-electron chi connectivity index (χ0n) is 12.9. The van der Waals surface area contributed by atoms with Crippen LogP contribution in [0.25, 0.3) is 0 Å². The fraction of sp³-hybridized carbons (Fsp3) is 0.412. The van der Waals surface area contributed by atoms with Crippen molar-refractivity contribution in [2.75, 3.05) is 0 Å². The Morgan fingerprint density at radius 1 is 1.00 bits per heavy atom. The van der Waals surface area contributed by atoms with E-state index in [1.165, 1.54) is 5.19 Å². The van der Waals surface area contributed by atoms with Crippen LogP contribution in [0.1, 0.15) is 39.5 Å². The summed E-state index contributed by atoms with van der Waals surface area (Å²) in [5.41, 5.74) is -0.455. The maximum atomic E-state index is 5.96. The Morgan fingerprint density at radius 2 is 1.45 bits per heavy atom. The molecule has 0 aliphatic rings. The first-order valence-corrected chi connectivity index (χ1v) is 7.57. The Labute approximate surface area is 125 Å². The molecule has 2 nitrogen and oxygen atoms in total. The van der Waals surface area contributed by atoms with E-state index in [-0.39, 0.29) is 0 Å². The van der Waals surface area contributed by atoms with Crippen molar-refractivity contribution in [3.63, 3.8) is 0 Å². The SMILES string of the molecule is C#CC(C)(C)OC(OC(C)(C)C#C)c1ccccc1[SiH3]. The summed E-state index contributed by atoms with van der Waals surface area (Å²) < 4.78 is 11.9. The highest BCUT2D eigenvalue weighted by Gasteiger charge is 2.29. The van der Waals surface area contributed by atoms with Crippen LogP contribution in [0.2, 0.25) is 0 Å². The van der Waals surface area contributed by atoms with Crippen molar-refractivity contribution >= 4 is 15.4 Å². The number of hydrogen-bond acceptors (Lipinski definition) is 2. The number of rotatable bonds is 5. The number of benzene rings is 1. The Morgan fingerprint density at radius 3 is 1.85 bits per heavy atom. The van der Waals surface area contributed by atoms with Crippen molar-refractivity contribution in [2.24, 2.45) is 0 Å². The minimum atomic E-state index is -0.723. The molecule has 0 bridgehead atoms. The Bertz CT molecular complexity index is 519. The first-order valence-electron chi connectivity index (χ1n) is 6.57. The molecule has 1 aromatic rings. The molecule has 0 aliphatic carbocycles. The van der Waals surface area contributed by atoms with Gasteiger partial charge in [-0.2, -0.15) is 0 Å². The molecule has 106 valence electrons. The average molecular weight is 286 g/mol. The topological polar surface area (TPSA) is 18.5 Å². The quantitative estimate of drug-likeness (QED) is 0.464. The molecular formula is C17H22O2Si. The van der Waals surface area contributed by atoms with Crippen LogP contribution < -0.4 is 5.19 Å². The molecule has 3 heteroatoms. The molecule has 20 heavy (non-hydrogen) atoms. The van der Waals surface area contributed by atoms with Crippen LogP contribution in [0.5, 0.6) is 0 Å². The molecule has 0 aromatic heterocycles. The van der Waals surface area contributed by atoms with Crippen molar-refractivity contribution in [3.05, 3.63) is 29.8 Å². The maximum Gasteiger partial charge on any atom is 0.187 e. The molecule has 0 heterocycles. The van der Waals surface area contributed by atoms with Crippen molar-refractivity contribution in [1.29, 1.82) is 0 Å². The lowest BCUT2D eigenvalue weighted by Crippen LogP contribution is -2.34. The summed E-state index contributed by atoms with van der Waals surface area (Å²) in [5.74, 6) is 5.24. The smallest absolute Gasteiger partial charge is 0.187 e. The summed E-state index contributed by atoms with van der Waals surface area (Å²) in [6.45, 7) is 7.34. The second kappa shape index (κ2) is 6.28. The minimum absolute atomic E-state index is 0.569. The van der Waals surface area contributed by atoms with E-state index in [1.807, 2.05) is 45.9 Å². The molecule has 0 aliphatic heterocycles. The fourth-order valence-corrected chi connectivity index (χ4v) is 2.20. The highest BCUT2D eigenvalue weighted by Crippen LogP contribution is 2.28. The predicted octanol–water partition coefficient (Wildman–Crippen LogP) is 1.53. The second-order valence-electron chi connectivity index (χ2n) is 5.73. The fourth-order valence-electron chi connectivity index (χ4n) is 1.61. The van der Waals surface area contributed by atoms with Crippen LogP contribution in [-0.4, -0.2) is 21.4 Å². The number of hydrogen-bond donors (Lipinski definition) is 0. The van der Waals surface area contributed by atoms with Gasteiger partial charge in [-0.3, -0.25) is 0 Å². The van der Waals surface area contributed by atoms with Crippen LogP contribution in [0.15, 0.2) is 24.3 Å². The van der Waals surface area contributed by atoms with Gasteiger partial charge in [0, 0.05) is 15.8 Å². The van der Waals surface area contributed by atoms with Gasteiger partial charge >= 0.3 is 0 Å². The average Bonchev–Trinajstić information content (AvgIpc) is 2.38. The van der Waals surface area contributed by atoms with Crippen molar-refractivity contribution < 1.29 is 9.47 Å². The van der Waals surface area contributed by atoms with Crippen LogP contribution >= 0.6 is 0 Å². The molecule has 0 atom stereocenters. The highest BCUT2D eigenvalue weighted by molar-refractivity contribution is 6.33. The lowest BCUT2D eigenvalue weighted by molar-refractivity contribution is -0.220. The Hall–Kier alpha value is -1.52. The van der Waals surface area contributed by atoms with Gasteiger partial charge in [-0.05, 0) is 27.7 Å². The lowest BCUT2D eigenvalue weighted by Gasteiger charge is -2.32. The highest BCUT2D eigenvalue weighted by atomic mass is 28.1. The maximum absolute atomic E-state index is 5.96. The van der Waals surface area contributed by atoms with E-state index in [4.69, 9.17) is 22.3 Å². The number of terminal acetylenes is 2. The van der Waals surface area contributed by atoms with Crippen molar-refractivity contribution in [3.8, 4) is 24.7 Å². The first-order chi connectivity index (χ1) is 9.21. The largest absolute Gasteiger partial charge is 0.330 e. The number of ether oxygens (including phenoxy) is 2. The summed E-state index contributed by atoms with van der Waals surface area (Å²) in [6, 6.07) is 8.02. The van der Waals surface area contributed by atoms with Crippen LogP contribution in [0.4, 0.5) is 0 Å². The summed E-state index contributed by atoms with van der Waals surface area (Å²) in [6.07, 6.45) is 10.4. The van der Waals surface area contributed by atoms with Gasteiger partial charge in [0.2, 0.25) is 0 Å². The normalized spacial score (nSPS) is 12.2. The van der Waals surface area contributed by atoms with E-state index in [2.05, 4.69) is 17.9 Å². The molecular weight excluding hydrogens is 264 g/mol. The van der Waals surface area contributed by atoms with Crippen LogP contribution in [-0.2, 0) is 9.47 Å². The summed E-state index contributed by atoms with van der Waals surface area (Å²) in [7, 11) is 0.896. The molecule has 0 N–H and O–H groups in total. The van der Waals surface area contributed by atoms with Gasteiger partial charge < -0.3 is 9.47 Å². The Kier molecular flexibility index (Phi) is 5.19. The third kappa shape index (κ3) is 4.54. The molecule has 1 rings (SSSR count). The van der Waals surface area contributed by atoms with Gasteiger partial charge in [-0.25, -0.2) is 0 Å². The zero-order chi connectivity index (χ0) is 15.4.